The lowest BCUT2D eigenvalue weighted by Gasteiger charge is -2.38. The van der Waals surface area contributed by atoms with E-state index in [0.717, 1.165) is 18.5 Å². The number of nitrogens with zero attached hydrogens (tertiary/aromatic N) is 7. The van der Waals surface area contributed by atoms with E-state index in [1.165, 1.54) is 16.8 Å². The van der Waals surface area contributed by atoms with E-state index in [2.05, 4.69) is 16.4 Å². The molecule has 35 heavy (non-hydrogen) atoms. The number of hydrogen-bond acceptors (Lipinski definition) is 7. The maximum Gasteiger partial charge on any atom is 0.334 e. The van der Waals surface area contributed by atoms with Gasteiger partial charge in [-0.3, -0.25) is 4.68 Å². The molecule has 0 N–H and O–H groups in total. The molecule has 2 unspecified atom stereocenters. The van der Waals surface area contributed by atoms with Gasteiger partial charge in [0.05, 0.1) is 25.0 Å². The van der Waals surface area contributed by atoms with Gasteiger partial charge in [0.25, 0.3) is 0 Å². The Morgan fingerprint density at radius 3 is 2.54 bits per heavy atom. The number of nitriles is 2. The zero-order valence-electron chi connectivity index (χ0n) is 18.9. The van der Waals surface area contributed by atoms with Crippen molar-refractivity contribution in [1.82, 2.24) is 24.3 Å². The standard InChI is InChI=1S/C23H22F3N7O2/c1-14-18(11-30-33(14)17-2-5-31(13-28)6-3-17)15-8-19(21-16(9-27)10-29-32(21)12-15)35-23(26,22(24)25)20-4-7-34-20/h8,10-12,17,20,22H,2-7H2,1H3. The third-order valence-electron chi connectivity index (χ3n) is 6.71. The van der Waals surface area contributed by atoms with Gasteiger partial charge in [0, 0.05) is 42.5 Å². The van der Waals surface area contributed by atoms with Crippen LogP contribution >= 0.6 is 0 Å². The molecule has 0 aromatic carbocycles. The highest BCUT2D eigenvalue weighted by Gasteiger charge is 2.54. The van der Waals surface area contributed by atoms with Gasteiger partial charge >= 0.3 is 12.3 Å². The minimum Gasteiger partial charge on any atom is -0.448 e. The lowest BCUT2D eigenvalue weighted by molar-refractivity contribution is -0.268. The zero-order chi connectivity index (χ0) is 24.7. The Morgan fingerprint density at radius 2 is 1.94 bits per heavy atom. The Labute approximate surface area is 198 Å². The van der Waals surface area contributed by atoms with Crippen LogP contribution < -0.4 is 4.74 Å². The summed E-state index contributed by atoms with van der Waals surface area (Å²) >= 11 is 0. The minimum absolute atomic E-state index is 0.0642. The fourth-order valence-electron chi connectivity index (χ4n) is 4.64. The van der Waals surface area contributed by atoms with Crippen molar-refractivity contribution in [3.05, 3.63) is 35.9 Å². The molecule has 2 atom stereocenters. The molecule has 12 heteroatoms. The first-order chi connectivity index (χ1) is 16.9. The summed E-state index contributed by atoms with van der Waals surface area (Å²) in [5.41, 5.74) is 2.18. The first kappa shape index (κ1) is 23.0. The van der Waals surface area contributed by atoms with E-state index in [9.17, 15) is 14.0 Å². The van der Waals surface area contributed by atoms with Crippen LogP contribution in [0.3, 0.4) is 0 Å². The van der Waals surface area contributed by atoms with Crippen LogP contribution in [-0.2, 0) is 4.74 Å². The summed E-state index contributed by atoms with van der Waals surface area (Å²) in [6.45, 7) is 3.33. The van der Waals surface area contributed by atoms with Crippen molar-refractivity contribution in [2.75, 3.05) is 19.7 Å². The van der Waals surface area contributed by atoms with Gasteiger partial charge in [-0.2, -0.15) is 25.1 Å². The van der Waals surface area contributed by atoms with Gasteiger partial charge in [-0.1, -0.05) is 0 Å². The second-order valence-corrected chi connectivity index (χ2v) is 8.71. The summed E-state index contributed by atoms with van der Waals surface area (Å²) in [7, 11) is 0. The van der Waals surface area contributed by atoms with Crippen LogP contribution in [0.5, 0.6) is 5.75 Å². The second kappa shape index (κ2) is 8.78. The molecule has 0 radical (unpaired) electrons. The Hall–Kier alpha value is -3.77. The minimum atomic E-state index is -3.46. The van der Waals surface area contributed by atoms with Crippen LogP contribution in [0.4, 0.5) is 13.2 Å². The van der Waals surface area contributed by atoms with Crippen molar-refractivity contribution in [2.45, 2.75) is 50.6 Å². The number of aromatic nitrogens is 4. The van der Waals surface area contributed by atoms with Gasteiger partial charge in [0.1, 0.15) is 23.3 Å². The summed E-state index contributed by atoms with van der Waals surface area (Å²) in [6, 6.07) is 3.48. The Balaban J connectivity index is 1.55. The summed E-state index contributed by atoms with van der Waals surface area (Å²) < 4.78 is 56.5. The zero-order valence-corrected chi connectivity index (χ0v) is 18.9. The molecule has 0 spiro atoms. The third kappa shape index (κ3) is 3.84. The molecule has 3 aromatic rings. The van der Waals surface area contributed by atoms with Crippen LogP contribution in [0, 0.1) is 29.7 Å². The number of ether oxygens (including phenoxy) is 2. The molecule has 0 aliphatic carbocycles. The first-order valence-corrected chi connectivity index (χ1v) is 11.2. The topological polar surface area (TPSA) is 104 Å². The Bertz CT molecular complexity index is 1330. The molecular formula is C23H22F3N7O2. The van der Waals surface area contributed by atoms with E-state index >= 15 is 4.39 Å². The lowest BCUT2D eigenvalue weighted by atomic mass is 10.0. The number of alkyl halides is 3. The Morgan fingerprint density at radius 1 is 1.20 bits per heavy atom. The number of hydrogen-bond donors (Lipinski definition) is 0. The van der Waals surface area contributed by atoms with Crippen molar-refractivity contribution in [3.8, 4) is 29.1 Å². The highest BCUT2D eigenvalue weighted by Crippen LogP contribution is 2.40. The molecule has 9 nitrogen and oxygen atoms in total. The van der Waals surface area contributed by atoms with Gasteiger partial charge in [0.15, 0.2) is 11.9 Å². The van der Waals surface area contributed by atoms with Gasteiger partial charge in [0.2, 0.25) is 0 Å². The van der Waals surface area contributed by atoms with Crippen LogP contribution in [0.15, 0.2) is 24.7 Å². The van der Waals surface area contributed by atoms with Crippen LogP contribution in [0.25, 0.3) is 16.6 Å². The second-order valence-electron chi connectivity index (χ2n) is 8.71. The summed E-state index contributed by atoms with van der Waals surface area (Å²) in [6.07, 6.45) is 3.43. The summed E-state index contributed by atoms with van der Waals surface area (Å²) in [4.78, 5) is 1.70. The molecule has 2 aliphatic rings. The number of rotatable bonds is 6. The quantitative estimate of drug-likeness (QED) is 0.492. The molecule has 0 saturated carbocycles. The van der Waals surface area contributed by atoms with Gasteiger partial charge in [-0.15, -0.1) is 0 Å². The van der Waals surface area contributed by atoms with Gasteiger partial charge in [-0.25, -0.2) is 13.3 Å². The van der Waals surface area contributed by atoms with Crippen LogP contribution in [0.1, 0.15) is 36.6 Å². The predicted molar refractivity (Wildman–Crippen MR) is 116 cm³/mol. The molecule has 3 aromatic heterocycles. The largest absolute Gasteiger partial charge is 0.448 e. The highest BCUT2D eigenvalue weighted by molar-refractivity contribution is 5.76. The molecule has 0 bridgehead atoms. The molecule has 2 saturated heterocycles. The average molecular weight is 485 g/mol. The van der Waals surface area contributed by atoms with Crippen molar-refractivity contribution >= 4 is 5.52 Å². The van der Waals surface area contributed by atoms with Crippen molar-refractivity contribution in [3.63, 3.8) is 0 Å². The van der Waals surface area contributed by atoms with Crippen LogP contribution in [-0.4, -0.2) is 62.4 Å². The van der Waals surface area contributed by atoms with Gasteiger partial charge < -0.3 is 14.4 Å². The fourth-order valence-corrected chi connectivity index (χ4v) is 4.64. The highest BCUT2D eigenvalue weighted by atomic mass is 19.3. The smallest absolute Gasteiger partial charge is 0.334 e. The van der Waals surface area contributed by atoms with E-state index in [-0.39, 0.29) is 35.9 Å². The van der Waals surface area contributed by atoms with E-state index in [0.29, 0.717) is 24.2 Å². The first-order valence-electron chi connectivity index (χ1n) is 11.2. The normalized spacial score (nSPS) is 20.3. The summed E-state index contributed by atoms with van der Waals surface area (Å²) in [5.74, 6) is -3.60. The Kier molecular flexibility index (Phi) is 5.77. The third-order valence-corrected chi connectivity index (χ3v) is 6.71. The van der Waals surface area contributed by atoms with E-state index in [4.69, 9.17) is 14.7 Å². The van der Waals surface area contributed by atoms with Crippen LogP contribution in [0.2, 0.25) is 0 Å². The number of pyridine rings is 1. The number of likely N-dealkylation sites (tertiary alicyclic amines) is 1. The molecule has 5 rings (SSSR count). The van der Waals surface area contributed by atoms with Crippen molar-refractivity contribution < 1.29 is 22.6 Å². The molecule has 2 fully saturated rings. The van der Waals surface area contributed by atoms with Crippen molar-refractivity contribution in [1.29, 1.82) is 10.5 Å². The molecular weight excluding hydrogens is 463 g/mol. The maximum absolute atomic E-state index is 15.4. The summed E-state index contributed by atoms with van der Waals surface area (Å²) in [5, 5.41) is 27.2. The van der Waals surface area contributed by atoms with E-state index < -0.39 is 18.4 Å². The monoisotopic (exact) mass is 485 g/mol. The average Bonchev–Trinajstić information content (AvgIpc) is 3.41. The number of halogens is 3. The van der Waals surface area contributed by atoms with Crippen molar-refractivity contribution in [2.24, 2.45) is 0 Å². The fraction of sp³-hybridized carbons (Fsp3) is 0.478. The molecule has 0 amide bonds. The van der Waals surface area contributed by atoms with E-state index in [1.807, 2.05) is 17.7 Å². The number of fused-ring (bicyclic) bond motifs is 1. The van der Waals surface area contributed by atoms with E-state index in [1.54, 1.807) is 17.3 Å². The molecule has 5 heterocycles. The van der Waals surface area contributed by atoms with Gasteiger partial charge in [-0.05, 0) is 25.8 Å². The lowest BCUT2D eigenvalue weighted by Crippen LogP contribution is -2.55. The predicted octanol–water partition coefficient (Wildman–Crippen LogP) is 3.59. The molecule has 2 aliphatic heterocycles. The number of piperidine rings is 1. The SMILES string of the molecule is Cc1c(-c2cc(OC(F)(C(F)F)C3CCO3)c3c(C#N)cnn3c2)cnn1C1CCN(C#N)CC1. The molecule has 182 valence electrons. The maximum atomic E-state index is 15.4.